The highest BCUT2D eigenvalue weighted by atomic mass is 16.2. The fourth-order valence-electron chi connectivity index (χ4n) is 2.29. The quantitative estimate of drug-likeness (QED) is 0.732. The first-order valence-electron chi connectivity index (χ1n) is 6.34. The minimum atomic E-state index is 0.279. The van der Waals surface area contributed by atoms with Gasteiger partial charge in [0, 0.05) is 39.8 Å². The molecule has 2 unspecified atom stereocenters. The highest BCUT2D eigenvalue weighted by Gasteiger charge is 2.34. The largest absolute Gasteiger partial charge is 0.344 e. The predicted octanol–water partition coefficient (Wildman–Crippen LogP) is 0.00600. The van der Waals surface area contributed by atoms with E-state index < -0.39 is 0 Å². The van der Waals surface area contributed by atoms with Gasteiger partial charge in [0.05, 0.1) is 6.54 Å². The summed E-state index contributed by atoms with van der Waals surface area (Å²) in [4.78, 5) is 16.1. The maximum Gasteiger partial charge on any atom is 0.236 e. The van der Waals surface area contributed by atoms with Gasteiger partial charge in [0.25, 0.3) is 0 Å². The molecule has 1 aliphatic heterocycles. The highest BCUT2D eigenvalue weighted by molar-refractivity contribution is 5.78. The molecule has 0 aromatic carbocycles. The second-order valence-electron chi connectivity index (χ2n) is 5.27. The van der Waals surface area contributed by atoms with Gasteiger partial charge in [-0.3, -0.25) is 9.69 Å². The van der Waals surface area contributed by atoms with E-state index in [-0.39, 0.29) is 5.91 Å². The third-order valence-electron chi connectivity index (χ3n) is 3.78. The molecule has 4 nitrogen and oxygen atoms in total. The molecule has 2 rings (SSSR count). The molecule has 0 spiro atoms. The molecule has 1 saturated carbocycles. The van der Waals surface area contributed by atoms with Crippen LogP contribution in [0, 0.1) is 11.8 Å². The van der Waals surface area contributed by atoms with E-state index in [0.717, 1.165) is 44.6 Å². The van der Waals surface area contributed by atoms with Crippen molar-refractivity contribution in [2.45, 2.75) is 13.3 Å². The van der Waals surface area contributed by atoms with E-state index >= 15 is 0 Å². The summed E-state index contributed by atoms with van der Waals surface area (Å²) in [6.45, 7) is 7.83. The maximum absolute atomic E-state index is 11.9. The first-order chi connectivity index (χ1) is 7.66. The number of rotatable bonds is 4. The van der Waals surface area contributed by atoms with Crippen LogP contribution in [0.25, 0.3) is 0 Å². The predicted molar refractivity (Wildman–Crippen MR) is 64.2 cm³/mol. The first-order valence-corrected chi connectivity index (χ1v) is 6.34. The molecule has 1 N–H and O–H groups in total. The molecule has 16 heavy (non-hydrogen) atoms. The lowest BCUT2D eigenvalue weighted by Crippen LogP contribution is -2.48. The normalized spacial score (nSPS) is 30.1. The number of nitrogens with one attached hydrogen (secondary N) is 1. The summed E-state index contributed by atoms with van der Waals surface area (Å²) in [7, 11) is 1.94. The minimum Gasteiger partial charge on any atom is -0.344 e. The van der Waals surface area contributed by atoms with Crippen molar-refractivity contribution in [1.29, 1.82) is 0 Å². The Balaban J connectivity index is 1.69. The average molecular weight is 225 g/mol. The Morgan fingerprint density at radius 1 is 1.44 bits per heavy atom. The second-order valence-corrected chi connectivity index (χ2v) is 5.27. The average Bonchev–Trinajstić information content (AvgIpc) is 2.95. The van der Waals surface area contributed by atoms with E-state index in [9.17, 15) is 4.79 Å². The van der Waals surface area contributed by atoms with Gasteiger partial charge in [-0.05, 0) is 18.3 Å². The number of likely N-dealkylation sites (N-methyl/N-ethyl adjacent to an activating group) is 1. The van der Waals surface area contributed by atoms with Gasteiger partial charge in [-0.1, -0.05) is 6.92 Å². The van der Waals surface area contributed by atoms with Crippen LogP contribution in [0.1, 0.15) is 13.3 Å². The van der Waals surface area contributed by atoms with E-state index in [2.05, 4.69) is 17.1 Å². The SMILES string of the molecule is CC1CC1CN(C)C(=O)CN1CCNCC1. The first kappa shape index (κ1) is 11.9. The van der Waals surface area contributed by atoms with Gasteiger partial charge >= 0.3 is 0 Å². The van der Waals surface area contributed by atoms with Crippen LogP contribution in [0.3, 0.4) is 0 Å². The number of carbonyl (C=O) groups excluding carboxylic acids is 1. The van der Waals surface area contributed by atoms with Crippen molar-refractivity contribution in [3.8, 4) is 0 Å². The highest BCUT2D eigenvalue weighted by Crippen LogP contribution is 2.37. The van der Waals surface area contributed by atoms with Crippen LogP contribution in [0.5, 0.6) is 0 Å². The monoisotopic (exact) mass is 225 g/mol. The van der Waals surface area contributed by atoms with Gasteiger partial charge in [0.2, 0.25) is 5.91 Å². The van der Waals surface area contributed by atoms with Crippen LogP contribution in [-0.2, 0) is 4.79 Å². The zero-order valence-corrected chi connectivity index (χ0v) is 10.4. The molecule has 4 heteroatoms. The van der Waals surface area contributed by atoms with Crippen LogP contribution in [0.15, 0.2) is 0 Å². The number of carbonyl (C=O) groups is 1. The van der Waals surface area contributed by atoms with Crippen molar-refractivity contribution in [1.82, 2.24) is 15.1 Å². The number of piperazine rings is 1. The smallest absolute Gasteiger partial charge is 0.236 e. The number of amides is 1. The van der Waals surface area contributed by atoms with Crippen LogP contribution in [0.2, 0.25) is 0 Å². The standard InChI is InChI=1S/C12H23N3O/c1-10-7-11(10)8-14(2)12(16)9-15-5-3-13-4-6-15/h10-11,13H,3-9H2,1-2H3. The Bertz CT molecular complexity index is 251. The fraction of sp³-hybridized carbons (Fsp3) is 0.917. The Hall–Kier alpha value is -0.610. The third kappa shape index (κ3) is 3.19. The van der Waals surface area contributed by atoms with Crippen molar-refractivity contribution in [3.05, 3.63) is 0 Å². The molecule has 0 aromatic rings. The van der Waals surface area contributed by atoms with Crippen molar-refractivity contribution in [2.24, 2.45) is 11.8 Å². The number of hydrogen-bond donors (Lipinski definition) is 1. The molecule has 2 fully saturated rings. The summed E-state index contributed by atoms with van der Waals surface area (Å²) in [5, 5.41) is 3.30. The molecule has 92 valence electrons. The van der Waals surface area contributed by atoms with Crippen molar-refractivity contribution < 1.29 is 4.79 Å². The zero-order valence-electron chi connectivity index (χ0n) is 10.4. The van der Waals surface area contributed by atoms with Crippen molar-refractivity contribution in [3.63, 3.8) is 0 Å². The second kappa shape index (κ2) is 5.15. The third-order valence-corrected chi connectivity index (χ3v) is 3.78. The van der Waals surface area contributed by atoms with Crippen LogP contribution < -0.4 is 5.32 Å². The van der Waals surface area contributed by atoms with Crippen LogP contribution in [-0.4, -0.2) is 62.0 Å². The number of hydrogen-bond acceptors (Lipinski definition) is 3. The zero-order chi connectivity index (χ0) is 11.5. The summed E-state index contributed by atoms with van der Waals surface area (Å²) in [6.07, 6.45) is 1.30. The summed E-state index contributed by atoms with van der Waals surface area (Å²) in [5.41, 5.74) is 0. The summed E-state index contributed by atoms with van der Waals surface area (Å²) in [6, 6.07) is 0. The van der Waals surface area contributed by atoms with Gasteiger partial charge in [0.1, 0.15) is 0 Å². The van der Waals surface area contributed by atoms with Gasteiger partial charge in [-0.15, -0.1) is 0 Å². The molecule has 1 heterocycles. The van der Waals surface area contributed by atoms with Gasteiger partial charge in [-0.2, -0.15) is 0 Å². The van der Waals surface area contributed by atoms with Crippen molar-refractivity contribution in [2.75, 3.05) is 46.3 Å². The van der Waals surface area contributed by atoms with Crippen LogP contribution >= 0.6 is 0 Å². The number of nitrogens with zero attached hydrogens (tertiary/aromatic N) is 2. The molecule has 1 amide bonds. The van der Waals surface area contributed by atoms with Gasteiger partial charge in [0.15, 0.2) is 0 Å². The van der Waals surface area contributed by atoms with E-state index in [1.54, 1.807) is 0 Å². The molecular formula is C12H23N3O. The fourth-order valence-corrected chi connectivity index (χ4v) is 2.29. The van der Waals surface area contributed by atoms with E-state index in [4.69, 9.17) is 0 Å². The lowest BCUT2D eigenvalue weighted by molar-refractivity contribution is -0.131. The van der Waals surface area contributed by atoms with Crippen molar-refractivity contribution >= 4 is 5.91 Å². The maximum atomic E-state index is 11.9. The Morgan fingerprint density at radius 3 is 2.62 bits per heavy atom. The molecule has 2 atom stereocenters. The summed E-state index contributed by atoms with van der Waals surface area (Å²) >= 11 is 0. The Kier molecular flexibility index (Phi) is 3.82. The van der Waals surface area contributed by atoms with Crippen LogP contribution in [0.4, 0.5) is 0 Å². The minimum absolute atomic E-state index is 0.279. The van der Waals surface area contributed by atoms with Gasteiger partial charge < -0.3 is 10.2 Å². The molecule has 0 radical (unpaired) electrons. The molecule has 2 aliphatic rings. The molecule has 0 bridgehead atoms. The summed E-state index contributed by atoms with van der Waals surface area (Å²) in [5.74, 6) is 1.87. The molecular weight excluding hydrogens is 202 g/mol. The molecule has 1 saturated heterocycles. The lowest BCUT2D eigenvalue weighted by atomic mass is 10.3. The Morgan fingerprint density at radius 2 is 2.06 bits per heavy atom. The van der Waals surface area contributed by atoms with E-state index in [1.807, 2.05) is 11.9 Å². The molecule has 0 aromatic heterocycles. The lowest BCUT2D eigenvalue weighted by Gasteiger charge is -2.28. The topological polar surface area (TPSA) is 35.6 Å². The Labute approximate surface area is 98.0 Å². The van der Waals surface area contributed by atoms with E-state index in [1.165, 1.54) is 6.42 Å². The molecule has 1 aliphatic carbocycles. The van der Waals surface area contributed by atoms with Gasteiger partial charge in [-0.25, -0.2) is 0 Å². The summed E-state index contributed by atoms with van der Waals surface area (Å²) < 4.78 is 0. The van der Waals surface area contributed by atoms with E-state index in [0.29, 0.717) is 6.54 Å².